The Kier molecular flexibility index (Phi) is 27.6. The molecule has 2 atom stereocenters. The molecule has 0 bridgehead atoms. The van der Waals surface area contributed by atoms with Gasteiger partial charge in [-0.15, -0.1) is 12.8 Å². The molecule has 248 valence electrons. The quantitative estimate of drug-likeness (QED) is 0.0591. The maximum atomic E-state index is 6.91. The van der Waals surface area contributed by atoms with Crippen LogP contribution >= 0.6 is 22.2 Å². The van der Waals surface area contributed by atoms with Crippen LogP contribution < -0.4 is 24.8 Å². The molecule has 0 amide bonds. The standard InChI is InChI=1S/2C17H32ClSi2.2ClH.Zr/c2*1-6-7-8-9-10-15-17(20(4,5)18)19(2,3)16-13-11-12-14-16;;;/h2*11,13,17H,6-10,12,15H2,1-5H3;2*1H;/q2*-1;;;+4/p-2. The number of unbranched alkanes of at least 4 members (excludes halogenated alkanes) is 8. The van der Waals surface area contributed by atoms with Crippen LogP contribution in [0.1, 0.15) is 104 Å². The Labute approximate surface area is 314 Å². The van der Waals surface area contributed by atoms with Gasteiger partial charge in [-0.25, -0.2) is 22.5 Å². The predicted octanol–water partition coefficient (Wildman–Crippen LogP) is 7.28. The first kappa shape index (κ1) is 49.3. The molecule has 0 aromatic carbocycles. The van der Waals surface area contributed by atoms with Crippen molar-refractivity contribution in [3.8, 4) is 0 Å². The van der Waals surface area contributed by atoms with E-state index in [1.165, 1.54) is 87.4 Å². The molecular weight excluding hydrogens is 754 g/mol. The largest absolute Gasteiger partial charge is 4.00 e. The van der Waals surface area contributed by atoms with Gasteiger partial charge in [0.25, 0.3) is 0 Å². The molecule has 2 unspecified atom stereocenters. The van der Waals surface area contributed by atoms with E-state index in [0.717, 1.165) is 23.2 Å². The topological polar surface area (TPSA) is 0 Å². The van der Waals surface area contributed by atoms with E-state index in [1.54, 1.807) is 0 Å². The van der Waals surface area contributed by atoms with Gasteiger partial charge in [0.2, 0.25) is 0 Å². The van der Waals surface area contributed by atoms with Crippen LogP contribution in [-0.4, -0.2) is 30.9 Å². The molecule has 0 heterocycles. The molecule has 0 aromatic rings. The van der Waals surface area contributed by atoms with Crippen LogP contribution in [0, 0.1) is 12.2 Å². The molecule has 0 spiro atoms. The third kappa shape index (κ3) is 17.7. The zero-order chi connectivity index (χ0) is 30.5. The molecular formula is C34H64Cl4Si4Zr. The molecule has 0 fully saturated rings. The number of rotatable bonds is 18. The Bertz CT molecular complexity index is 785. The minimum absolute atomic E-state index is 0. The monoisotopic (exact) mass is 814 g/mol. The molecule has 2 rings (SSSR count). The minimum Gasteiger partial charge on any atom is -1.00 e. The van der Waals surface area contributed by atoms with Crippen molar-refractivity contribution in [3.63, 3.8) is 0 Å². The Morgan fingerprint density at radius 1 is 0.581 bits per heavy atom. The summed E-state index contributed by atoms with van der Waals surface area (Å²) in [5.74, 6) is 0. The van der Waals surface area contributed by atoms with Crippen LogP contribution in [0.2, 0.25) is 62.7 Å². The summed E-state index contributed by atoms with van der Waals surface area (Å²) in [4.78, 5) is 0. The summed E-state index contributed by atoms with van der Waals surface area (Å²) in [5, 5.41) is 4.58. The van der Waals surface area contributed by atoms with E-state index < -0.39 is 30.9 Å². The second kappa shape index (κ2) is 24.1. The molecule has 0 saturated heterocycles. The number of hydrogen-bond acceptors (Lipinski definition) is 0. The molecule has 0 saturated carbocycles. The molecule has 0 radical (unpaired) electrons. The zero-order valence-electron chi connectivity index (χ0n) is 29.4. The van der Waals surface area contributed by atoms with Gasteiger partial charge in [0.15, 0.2) is 14.8 Å². The molecule has 0 nitrogen and oxygen atoms in total. The van der Waals surface area contributed by atoms with E-state index in [9.17, 15) is 0 Å². The van der Waals surface area contributed by atoms with Gasteiger partial charge < -0.3 is 24.8 Å². The fourth-order valence-electron chi connectivity index (χ4n) is 7.10. The van der Waals surface area contributed by atoms with Crippen LogP contribution in [0.25, 0.3) is 0 Å². The second-order valence-electron chi connectivity index (χ2n) is 14.5. The van der Waals surface area contributed by atoms with Gasteiger partial charge in [-0.2, -0.15) is 34.3 Å². The molecule has 0 N–H and O–H groups in total. The Morgan fingerprint density at radius 2 is 0.884 bits per heavy atom. The summed E-state index contributed by atoms with van der Waals surface area (Å²) in [5.41, 5.74) is 0. The van der Waals surface area contributed by atoms with Crippen LogP contribution in [-0.2, 0) is 26.2 Å². The molecule has 43 heavy (non-hydrogen) atoms. The van der Waals surface area contributed by atoms with Gasteiger partial charge in [-0.1, -0.05) is 143 Å². The average molecular weight is 818 g/mol. The summed E-state index contributed by atoms with van der Waals surface area (Å²) in [6, 6.07) is 0. The summed E-state index contributed by atoms with van der Waals surface area (Å²) in [6.45, 7) is 24.0. The van der Waals surface area contributed by atoms with E-state index in [1.807, 2.05) is 0 Å². The Balaban J connectivity index is -0.000000696. The fraction of sp³-hybridized carbons (Fsp3) is 0.765. The molecule has 2 aliphatic rings. The van der Waals surface area contributed by atoms with E-state index in [2.05, 4.69) is 103 Å². The third-order valence-corrected chi connectivity index (χ3v) is 32.1. The summed E-state index contributed by atoms with van der Waals surface area (Å²) in [6.07, 6.45) is 34.7. The third-order valence-electron chi connectivity index (χ3n) is 9.37. The number of halogens is 4. The van der Waals surface area contributed by atoms with Gasteiger partial charge in [0.1, 0.15) is 0 Å². The molecule has 9 heteroatoms. The molecule has 0 aliphatic heterocycles. The van der Waals surface area contributed by atoms with Crippen LogP contribution in [0.15, 0.2) is 34.7 Å². The van der Waals surface area contributed by atoms with E-state index >= 15 is 0 Å². The summed E-state index contributed by atoms with van der Waals surface area (Å²) >= 11 is 13.8. The van der Waals surface area contributed by atoms with Crippen molar-refractivity contribution in [3.05, 3.63) is 46.8 Å². The minimum atomic E-state index is -1.62. The number of hydrogen-bond donors (Lipinski definition) is 0. The Morgan fingerprint density at radius 3 is 1.12 bits per heavy atom. The van der Waals surface area contributed by atoms with Crippen molar-refractivity contribution in [1.82, 2.24) is 0 Å². The number of allylic oxidation sites excluding steroid dienone is 8. The van der Waals surface area contributed by atoms with E-state index in [4.69, 9.17) is 22.2 Å². The first-order valence-corrected chi connectivity index (χ1v) is 30.9. The summed E-state index contributed by atoms with van der Waals surface area (Å²) in [7, 11) is -6.15. The van der Waals surface area contributed by atoms with Gasteiger partial charge in [-0.3, -0.25) is 12.2 Å². The van der Waals surface area contributed by atoms with Crippen molar-refractivity contribution in [2.45, 2.75) is 166 Å². The maximum absolute atomic E-state index is 6.91. The zero-order valence-corrected chi connectivity index (χ0v) is 38.9. The SMILES string of the molecule is CCCCCCCC([Si](C)(C)Cl)[Si](C)(C)C1=[C-]CC=C1.CCCCCCCC([Si](C)(C)Cl)[Si](C)(C)C1=[C-]CC=C1.[Cl-].[Cl-].[Zr+4]. The van der Waals surface area contributed by atoms with Crippen molar-refractivity contribution in [2.24, 2.45) is 0 Å². The van der Waals surface area contributed by atoms with Crippen molar-refractivity contribution < 1.29 is 51.0 Å². The first-order chi connectivity index (χ1) is 18.6. The fourth-order valence-corrected chi connectivity index (χ4v) is 33.9. The predicted molar refractivity (Wildman–Crippen MR) is 197 cm³/mol. The maximum Gasteiger partial charge on any atom is 4.00 e. The Hall–Kier alpha value is 1.87. The van der Waals surface area contributed by atoms with E-state index in [-0.39, 0.29) is 51.0 Å². The normalized spacial score (nSPS) is 16.2. The van der Waals surface area contributed by atoms with Crippen LogP contribution in [0.4, 0.5) is 0 Å². The second-order valence-corrected chi connectivity index (χ2v) is 38.5. The smallest absolute Gasteiger partial charge is 1.00 e. The van der Waals surface area contributed by atoms with Gasteiger partial charge in [-0.05, 0) is 10.3 Å². The van der Waals surface area contributed by atoms with Crippen LogP contribution in [0.5, 0.6) is 0 Å². The average Bonchev–Trinajstić information content (AvgIpc) is 3.57. The molecule has 0 aromatic heterocycles. The molecule has 2 aliphatic carbocycles. The van der Waals surface area contributed by atoms with Gasteiger partial charge in [0.05, 0.1) is 0 Å². The van der Waals surface area contributed by atoms with Crippen molar-refractivity contribution in [2.75, 3.05) is 0 Å². The van der Waals surface area contributed by atoms with Crippen molar-refractivity contribution in [1.29, 1.82) is 0 Å². The van der Waals surface area contributed by atoms with Crippen LogP contribution in [0.3, 0.4) is 0 Å². The summed E-state index contributed by atoms with van der Waals surface area (Å²) < 4.78 is 0. The first-order valence-electron chi connectivity index (χ1n) is 16.5. The van der Waals surface area contributed by atoms with Gasteiger partial charge in [0, 0.05) is 16.1 Å². The van der Waals surface area contributed by atoms with Crippen molar-refractivity contribution >= 4 is 53.1 Å². The van der Waals surface area contributed by atoms with Gasteiger partial charge >= 0.3 is 26.2 Å². The van der Waals surface area contributed by atoms with E-state index in [0.29, 0.717) is 0 Å².